The minimum atomic E-state index is 0.493. The normalized spacial score (nSPS) is 30.2. The molecule has 0 amide bonds. The second kappa shape index (κ2) is 6.44. The van der Waals surface area contributed by atoms with E-state index in [1.807, 2.05) is 0 Å². The molecule has 14 heavy (non-hydrogen) atoms. The Morgan fingerprint density at radius 1 is 1.14 bits per heavy atom. The first-order valence-corrected chi connectivity index (χ1v) is 6.53. The van der Waals surface area contributed by atoms with Crippen molar-refractivity contribution in [2.75, 3.05) is 0 Å². The van der Waals surface area contributed by atoms with Crippen molar-refractivity contribution < 1.29 is 0 Å². The third kappa shape index (κ3) is 3.61. The van der Waals surface area contributed by atoms with Gasteiger partial charge in [0.15, 0.2) is 0 Å². The van der Waals surface area contributed by atoms with Crippen LogP contribution in [-0.4, -0.2) is 6.04 Å². The summed E-state index contributed by atoms with van der Waals surface area (Å²) in [5, 5.41) is 0. The van der Waals surface area contributed by atoms with Crippen molar-refractivity contribution in [2.45, 2.75) is 71.3 Å². The quantitative estimate of drug-likeness (QED) is 0.714. The van der Waals surface area contributed by atoms with Gasteiger partial charge in [-0.15, -0.1) is 0 Å². The summed E-state index contributed by atoms with van der Waals surface area (Å²) in [4.78, 5) is 0. The Morgan fingerprint density at radius 3 is 2.29 bits per heavy atom. The summed E-state index contributed by atoms with van der Waals surface area (Å²) >= 11 is 0. The van der Waals surface area contributed by atoms with E-state index in [9.17, 15) is 0 Å². The highest BCUT2D eigenvalue weighted by molar-refractivity contribution is 4.79. The Balaban J connectivity index is 2.19. The van der Waals surface area contributed by atoms with Crippen LogP contribution in [0.4, 0.5) is 0 Å². The summed E-state index contributed by atoms with van der Waals surface area (Å²) in [6.45, 7) is 4.57. The lowest BCUT2D eigenvalue weighted by Crippen LogP contribution is -2.32. The topological polar surface area (TPSA) is 26.0 Å². The summed E-state index contributed by atoms with van der Waals surface area (Å²) in [6.07, 6.45) is 10.9. The smallest absolute Gasteiger partial charge is 0.00671 e. The van der Waals surface area contributed by atoms with E-state index >= 15 is 0 Å². The summed E-state index contributed by atoms with van der Waals surface area (Å²) < 4.78 is 0. The summed E-state index contributed by atoms with van der Waals surface area (Å²) in [5.41, 5.74) is 6.22. The number of nitrogens with two attached hydrogens (primary N) is 1. The van der Waals surface area contributed by atoms with E-state index in [0.29, 0.717) is 6.04 Å². The van der Waals surface area contributed by atoms with Crippen molar-refractivity contribution >= 4 is 0 Å². The Kier molecular flexibility index (Phi) is 5.54. The predicted molar refractivity (Wildman–Crippen MR) is 63.2 cm³/mol. The first kappa shape index (κ1) is 12.0. The van der Waals surface area contributed by atoms with Crippen LogP contribution in [0.3, 0.4) is 0 Å². The van der Waals surface area contributed by atoms with Gasteiger partial charge in [-0.1, -0.05) is 46.0 Å². The number of unbranched alkanes of at least 4 members (excludes halogenated alkanes) is 1. The lowest BCUT2D eigenvalue weighted by molar-refractivity contribution is 0.231. The van der Waals surface area contributed by atoms with Crippen LogP contribution in [-0.2, 0) is 0 Å². The van der Waals surface area contributed by atoms with Gasteiger partial charge in [0.1, 0.15) is 0 Å². The van der Waals surface area contributed by atoms with Crippen molar-refractivity contribution in [2.24, 2.45) is 17.6 Å². The second-order valence-corrected chi connectivity index (χ2v) is 5.00. The van der Waals surface area contributed by atoms with E-state index in [-0.39, 0.29) is 0 Å². The molecule has 0 aromatic rings. The first-order chi connectivity index (χ1) is 6.77. The lowest BCUT2D eigenvalue weighted by Gasteiger charge is -2.31. The van der Waals surface area contributed by atoms with Crippen molar-refractivity contribution in [3.8, 4) is 0 Å². The maximum atomic E-state index is 6.22. The third-order valence-corrected chi connectivity index (χ3v) is 3.97. The molecule has 1 unspecified atom stereocenters. The molecule has 1 saturated carbocycles. The van der Waals surface area contributed by atoms with Crippen LogP contribution in [0, 0.1) is 11.8 Å². The molecule has 0 aromatic heterocycles. The Hall–Kier alpha value is -0.0400. The fourth-order valence-electron chi connectivity index (χ4n) is 2.70. The van der Waals surface area contributed by atoms with Gasteiger partial charge in [-0.25, -0.2) is 0 Å². The fraction of sp³-hybridized carbons (Fsp3) is 1.00. The molecule has 0 aromatic carbocycles. The molecule has 0 radical (unpaired) electrons. The molecule has 2 N–H and O–H groups in total. The van der Waals surface area contributed by atoms with Gasteiger partial charge in [0.2, 0.25) is 0 Å². The third-order valence-electron chi connectivity index (χ3n) is 3.97. The highest BCUT2D eigenvalue weighted by Crippen LogP contribution is 2.32. The van der Waals surface area contributed by atoms with Crippen molar-refractivity contribution in [1.82, 2.24) is 0 Å². The molecule has 1 nitrogen and oxygen atoms in total. The van der Waals surface area contributed by atoms with Gasteiger partial charge in [0, 0.05) is 6.04 Å². The molecule has 0 saturated heterocycles. The number of hydrogen-bond donors (Lipinski definition) is 1. The van der Waals surface area contributed by atoms with Gasteiger partial charge >= 0.3 is 0 Å². The average Bonchev–Trinajstić information content (AvgIpc) is 2.26. The first-order valence-electron chi connectivity index (χ1n) is 6.53. The SMILES string of the molecule is CCCCC(N)C1CCC(CC)CC1. The van der Waals surface area contributed by atoms with Crippen molar-refractivity contribution in [3.63, 3.8) is 0 Å². The molecule has 0 heterocycles. The van der Waals surface area contributed by atoms with Crippen molar-refractivity contribution in [1.29, 1.82) is 0 Å². The van der Waals surface area contributed by atoms with Gasteiger partial charge in [0.25, 0.3) is 0 Å². The van der Waals surface area contributed by atoms with Crippen LogP contribution in [0.15, 0.2) is 0 Å². The second-order valence-electron chi connectivity index (χ2n) is 5.00. The molecule has 1 rings (SSSR count). The highest BCUT2D eigenvalue weighted by Gasteiger charge is 2.24. The van der Waals surface area contributed by atoms with Gasteiger partial charge in [-0.3, -0.25) is 0 Å². The lowest BCUT2D eigenvalue weighted by atomic mass is 9.77. The van der Waals surface area contributed by atoms with E-state index in [1.165, 1.54) is 51.4 Å². The van der Waals surface area contributed by atoms with Crippen LogP contribution in [0.25, 0.3) is 0 Å². The van der Waals surface area contributed by atoms with E-state index in [2.05, 4.69) is 13.8 Å². The summed E-state index contributed by atoms with van der Waals surface area (Å²) in [7, 11) is 0. The van der Waals surface area contributed by atoms with Gasteiger partial charge in [-0.2, -0.15) is 0 Å². The Morgan fingerprint density at radius 2 is 1.79 bits per heavy atom. The Bertz CT molecular complexity index is 136. The summed E-state index contributed by atoms with van der Waals surface area (Å²) in [6, 6.07) is 0.493. The maximum Gasteiger partial charge on any atom is 0.00671 e. The molecule has 0 aliphatic heterocycles. The molecule has 1 fully saturated rings. The zero-order valence-electron chi connectivity index (χ0n) is 9.97. The Labute approximate surface area is 89.5 Å². The van der Waals surface area contributed by atoms with E-state index in [1.54, 1.807) is 0 Å². The van der Waals surface area contributed by atoms with Crippen LogP contribution in [0.2, 0.25) is 0 Å². The molecule has 1 heteroatoms. The molecular formula is C13H27N. The van der Waals surface area contributed by atoms with Crippen LogP contribution < -0.4 is 5.73 Å². The standard InChI is InChI=1S/C13H27N/c1-3-5-6-13(14)12-9-7-11(4-2)8-10-12/h11-13H,3-10,14H2,1-2H3. The average molecular weight is 197 g/mol. The van der Waals surface area contributed by atoms with Crippen LogP contribution in [0.5, 0.6) is 0 Å². The van der Waals surface area contributed by atoms with Gasteiger partial charge in [-0.05, 0) is 31.1 Å². The van der Waals surface area contributed by atoms with Crippen LogP contribution in [0.1, 0.15) is 65.2 Å². The van der Waals surface area contributed by atoms with E-state index < -0.39 is 0 Å². The van der Waals surface area contributed by atoms with Crippen molar-refractivity contribution in [3.05, 3.63) is 0 Å². The molecule has 0 spiro atoms. The molecule has 1 aliphatic carbocycles. The molecule has 84 valence electrons. The summed E-state index contributed by atoms with van der Waals surface area (Å²) in [5.74, 6) is 1.84. The molecular weight excluding hydrogens is 170 g/mol. The van der Waals surface area contributed by atoms with Gasteiger partial charge in [0.05, 0.1) is 0 Å². The predicted octanol–water partition coefficient (Wildman–Crippen LogP) is 3.72. The molecule has 0 bridgehead atoms. The zero-order chi connectivity index (χ0) is 10.4. The zero-order valence-corrected chi connectivity index (χ0v) is 9.97. The largest absolute Gasteiger partial charge is 0.327 e. The monoisotopic (exact) mass is 197 g/mol. The maximum absolute atomic E-state index is 6.22. The van der Waals surface area contributed by atoms with E-state index in [0.717, 1.165) is 11.8 Å². The molecule has 1 atom stereocenters. The highest BCUT2D eigenvalue weighted by atomic mass is 14.6. The van der Waals surface area contributed by atoms with Gasteiger partial charge < -0.3 is 5.73 Å². The minimum Gasteiger partial charge on any atom is -0.327 e. The molecule has 1 aliphatic rings. The van der Waals surface area contributed by atoms with E-state index in [4.69, 9.17) is 5.73 Å². The number of rotatable bonds is 5. The fourth-order valence-corrected chi connectivity index (χ4v) is 2.70. The minimum absolute atomic E-state index is 0.493. The van der Waals surface area contributed by atoms with Crippen LogP contribution >= 0.6 is 0 Å². The number of hydrogen-bond acceptors (Lipinski definition) is 1.